The zero-order valence-electron chi connectivity index (χ0n) is 13.7. The number of hydrogen-bond acceptors (Lipinski definition) is 10. The molecule has 0 bridgehead atoms. The van der Waals surface area contributed by atoms with Crippen LogP contribution < -0.4 is 11.3 Å². The molecule has 1 aromatic rings. The van der Waals surface area contributed by atoms with Gasteiger partial charge in [0.25, 0.3) is 21.9 Å². The number of ketones is 1. The molecule has 2 heterocycles. The van der Waals surface area contributed by atoms with Gasteiger partial charge in [0.05, 0.1) is 12.0 Å². The van der Waals surface area contributed by atoms with Gasteiger partial charge < -0.3 is 15.1 Å². The standard InChI is InChI=1S/C10H10N4O7S.C3H6O/c11-13-7-2-1-5(4-12-7)10(17)21-14-8(15)3-6(9(14)16)22(18,19)20;1-3(2)4/h1-2,4,6H,3,11H2,(H,12,13)(H,18,19,20);1-2H3. The van der Waals surface area contributed by atoms with E-state index in [1.165, 1.54) is 26.0 Å². The molecule has 1 fully saturated rings. The number of hydrogen-bond donors (Lipinski definition) is 3. The Morgan fingerprint density at radius 3 is 2.31 bits per heavy atom. The largest absolute Gasteiger partial charge is 0.365 e. The van der Waals surface area contributed by atoms with E-state index in [0.29, 0.717) is 0 Å². The molecular formula is C13H16N4O8S. The number of nitrogen functional groups attached to an aromatic ring is 1. The third-order valence-electron chi connectivity index (χ3n) is 2.74. The molecule has 12 nitrogen and oxygen atoms in total. The Balaban J connectivity index is 0.000000765. The van der Waals surface area contributed by atoms with Gasteiger partial charge >= 0.3 is 5.97 Å². The molecular weight excluding hydrogens is 372 g/mol. The number of nitrogens with zero attached hydrogens (tertiary/aromatic N) is 2. The molecule has 1 saturated heterocycles. The van der Waals surface area contributed by atoms with Crippen molar-refractivity contribution < 1.29 is 37.0 Å². The summed E-state index contributed by atoms with van der Waals surface area (Å²) >= 11 is 0. The highest BCUT2D eigenvalue weighted by molar-refractivity contribution is 7.87. The maximum absolute atomic E-state index is 11.8. The number of hydroxylamine groups is 2. The van der Waals surface area contributed by atoms with Crippen molar-refractivity contribution in [2.45, 2.75) is 25.5 Å². The van der Waals surface area contributed by atoms with Crippen molar-refractivity contribution in [3.63, 3.8) is 0 Å². The lowest BCUT2D eigenvalue weighted by Gasteiger charge is -2.13. The van der Waals surface area contributed by atoms with Gasteiger partial charge in [-0.3, -0.25) is 14.1 Å². The van der Waals surface area contributed by atoms with Gasteiger partial charge in [-0.05, 0) is 26.0 Å². The molecule has 0 radical (unpaired) electrons. The SMILES string of the molecule is CC(C)=O.NNc1ccc(C(=O)ON2C(=O)CC(S(=O)(=O)O)C2=O)cn1. The second-order valence-corrected chi connectivity index (χ2v) is 6.70. The van der Waals surface area contributed by atoms with Gasteiger partial charge in [-0.25, -0.2) is 15.6 Å². The summed E-state index contributed by atoms with van der Waals surface area (Å²) in [7, 11) is -4.76. The minimum absolute atomic E-state index is 0.00978. The number of pyridine rings is 1. The number of carbonyl (C=O) groups is 4. The first-order valence-corrected chi connectivity index (χ1v) is 8.43. The molecule has 0 aliphatic carbocycles. The molecule has 0 saturated carbocycles. The van der Waals surface area contributed by atoms with E-state index in [1.807, 2.05) is 0 Å². The number of carbonyl (C=O) groups excluding carboxylic acids is 4. The zero-order valence-corrected chi connectivity index (χ0v) is 14.5. The summed E-state index contributed by atoms with van der Waals surface area (Å²) < 4.78 is 30.7. The molecule has 1 aliphatic heterocycles. The number of nitrogens with one attached hydrogen (secondary N) is 1. The quantitative estimate of drug-likeness (QED) is 0.250. The lowest BCUT2D eigenvalue weighted by atomic mass is 10.3. The predicted molar refractivity (Wildman–Crippen MR) is 85.6 cm³/mol. The molecule has 1 aromatic heterocycles. The summed E-state index contributed by atoms with van der Waals surface area (Å²) in [4.78, 5) is 52.7. The second kappa shape index (κ2) is 8.46. The second-order valence-electron chi connectivity index (χ2n) is 5.10. The van der Waals surface area contributed by atoms with Crippen LogP contribution in [0, 0.1) is 0 Å². The summed E-state index contributed by atoms with van der Waals surface area (Å²) in [6.07, 6.45) is 0.266. The zero-order chi connectivity index (χ0) is 20.1. The number of rotatable bonds is 4. The van der Waals surface area contributed by atoms with Gasteiger partial charge in [-0.15, -0.1) is 5.06 Å². The highest BCUT2D eigenvalue weighted by Crippen LogP contribution is 2.20. The van der Waals surface area contributed by atoms with E-state index >= 15 is 0 Å². The van der Waals surface area contributed by atoms with E-state index in [1.54, 1.807) is 0 Å². The third-order valence-corrected chi connectivity index (χ3v) is 3.83. The van der Waals surface area contributed by atoms with Crippen LogP contribution >= 0.6 is 0 Å². The fraction of sp³-hybridized carbons (Fsp3) is 0.308. The van der Waals surface area contributed by atoms with Crippen molar-refractivity contribution in [3.8, 4) is 0 Å². The Morgan fingerprint density at radius 1 is 1.35 bits per heavy atom. The van der Waals surface area contributed by atoms with Gasteiger partial charge in [0.15, 0.2) is 5.25 Å². The molecule has 1 aliphatic rings. The van der Waals surface area contributed by atoms with Crippen molar-refractivity contribution in [3.05, 3.63) is 23.9 Å². The van der Waals surface area contributed by atoms with Crippen molar-refractivity contribution >= 4 is 39.5 Å². The van der Waals surface area contributed by atoms with Crippen LogP contribution in [0.15, 0.2) is 18.3 Å². The van der Waals surface area contributed by atoms with Crippen LogP contribution in [-0.4, -0.2) is 51.8 Å². The summed E-state index contributed by atoms with van der Waals surface area (Å²) in [5, 5.41) is -1.97. The topological polar surface area (TPSA) is 186 Å². The van der Waals surface area contributed by atoms with Crippen LogP contribution in [0.4, 0.5) is 5.82 Å². The number of anilines is 1. The summed E-state index contributed by atoms with van der Waals surface area (Å²) in [5.41, 5.74) is 2.12. The fourth-order valence-electron chi connectivity index (χ4n) is 1.65. The highest BCUT2D eigenvalue weighted by atomic mass is 32.2. The average Bonchev–Trinajstić information content (AvgIpc) is 2.82. The summed E-state index contributed by atoms with van der Waals surface area (Å²) in [5.74, 6) is 2.02. The third kappa shape index (κ3) is 5.58. The van der Waals surface area contributed by atoms with Crippen LogP contribution in [0.2, 0.25) is 0 Å². The molecule has 0 aromatic carbocycles. The fourth-order valence-corrected chi connectivity index (χ4v) is 2.35. The van der Waals surface area contributed by atoms with Crippen LogP contribution in [0.3, 0.4) is 0 Å². The predicted octanol–water partition coefficient (Wildman–Crippen LogP) is -0.950. The first-order chi connectivity index (χ1) is 12.0. The van der Waals surface area contributed by atoms with Crippen LogP contribution in [0.25, 0.3) is 0 Å². The molecule has 26 heavy (non-hydrogen) atoms. The van der Waals surface area contributed by atoms with Crippen LogP contribution in [-0.2, 0) is 29.3 Å². The number of nitrogens with two attached hydrogens (primary N) is 1. The maximum atomic E-state index is 11.8. The van der Waals surface area contributed by atoms with Crippen molar-refractivity contribution in [2.24, 2.45) is 5.84 Å². The first-order valence-electron chi connectivity index (χ1n) is 6.92. The Morgan fingerprint density at radius 2 is 1.92 bits per heavy atom. The molecule has 142 valence electrons. The van der Waals surface area contributed by atoms with Crippen molar-refractivity contribution in [1.82, 2.24) is 10.0 Å². The number of aromatic nitrogens is 1. The van der Waals surface area contributed by atoms with E-state index < -0.39 is 39.6 Å². The Kier molecular flexibility index (Phi) is 6.88. The lowest BCUT2D eigenvalue weighted by molar-refractivity contribution is -0.172. The molecule has 4 N–H and O–H groups in total. The Hall–Kier alpha value is -2.90. The molecule has 13 heteroatoms. The van der Waals surface area contributed by atoms with Crippen LogP contribution in [0.5, 0.6) is 0 Å². The number of imide groups is 1. The van der Waals surface area contributed by atoms with Gasteiger partial charge in [0, 0.05) is 6.20 Å². The summed E-state index contributed by atoms with van der Waals surface area (Å²) in [6.45, 7) is 3.06. The van der Waals surface area contributed by atoms with E-state index in [9.17, 15) is 27.6 Å². The van der Waals surface area contributed by atoms with Crippen molar-refractivity contribution in [1.29, 1.82) is 0 Å². The normalized spacial score (nSPS) is 16.6. The molecule has 0 spiro atoms. The average molecular weight is 388 g/mol. The van der Waals surface area contributed by atoms with E-state index in [2.05, 4.69) is 15.2 Å². The van der Waals surface area contributed by atoms with E-state index in [0.717, 1.165) is 6.20 Å². The molecule has 1 atom stereocenters. The first kappa shape index (κ1) is 21.1. The lowest BCUT2D eigenvalue weighted by Crippen LogP contribution is -2.36. The number of hydrazine groups is 1. The smallest absolute Gasteiger partial charge is 0.325 e. The van der Waals surface area contributed by atoms with Gasteiger partial charge in [-0.1, -0.05) is 0 Å². The Bertz CT molecular complexity index is 817. The Labute approximate surface area is 148 Å². The van der Waals surface area contributed by atoms with Gasteiger partial charge in [0.2, 0.25) is 0 Å². The van der Waals surface area contributed by atoms with E-state index in [4.69, 9.17) is 10.4 Å². The number of amides is 2. The minimum Gasteiger partial charge on any atom is -0.325 e. The minimum atomic E-state index is -4.76. The van der Waals surface area contributed by atoms with Crippen molar-refractivity contribution in [2.75, 3.05) is 5.43 Å². The molecule has 1 unspecified atom stereocenters. The van der Waals surface area contributed by atoms with Crippen LogP contribution in [0.1, 0.15) is 30.6 Å². The van der Waals surface area contributed by atoms with Gasteiger partial charge in [-0.2, -0.15) is 8.42 Å². The van der Waals surface area contributed by atoms with Gasteiger partial charge in [0.1, 0.15) is 11.6 Å². The maximum Gasteiger partial charge on any atom is 0.365 e. The monoisotopic (exact) mass is 388 g/mol. The number of Topliss-reactive ketones (excluding diaryl/α,β-unsaturated/α-hetero) is 1. The summed E-state index contributed by atoms with van der Waals surface area (Å²) in [6, 6.07) is 2.60. The highest BCUT2D eigenvalue weighted by Gasteiger charge is 2.48. The van der Waals surface area contributed by atoms with E-state index in [-0.39, 0.29) is 22.2 Å². The molecule has 2 rings (SSSR count). The molecule has 2 amide bonds.